The van der Waals surface area contributed by atoms with Gasteiger partial charge in [0.15, 0.2) is 0 Å². The normalized spacial score (nSPS) is 17.3. The number of aliphatic hydroxyl groups excluding tert-OH is 1. The monoisotopic (exact) mass is 445 g/mol. The number of nitrogens with zero attached hydrogens (tertiary/aromatic N) is 1. The predicted octanol–water partition coefficient (Wildman–Crippen LogP) is 4.43. The highest BCUT2D eigenvalue weighted by Gasteiger charge is 2.47. The molecule has 1 aliphatic heterocycles. The number of ether oxygens (including phenoxy) is 2. The Morgan fingerprint density at radius 2 is 1.67 bits per heavy atom. The predicted molar refractivity (Wildman–Crippen MR) is 123 cm³/mol. The van der Waals surface area contributed by atoms with Crippen molar-refractivity contribution in [3.8, 4) is 17.2 Å². The molecule has 1 amide bonds. The fourth-order valence-electron chi connectivity index (χ4n) is 3.86. The molecule has 1 unspecified atom stereocenters. The summed E-state index contributed by atoms with van der Waals surface area (Å²) in [5, 5.41) is 20.9. The smallest absolute Gasteiger partial charge is 0.300 e. The molecule has 0 aromatic heterocycles. The Morgan fingerprint density at radius 1 is 0.970 bits per heavy atom. The topological polar surface area (TPSA) is 96.3 Å². The van der Waals surface area contributed by atoms with E-state index < -0.39 is 17.7 Å². The maximum atomic E-state index is 13.2. The molecule has 0 spiro atoms. The molecule has 4 rings (SSSR count). The molecule has 0 radical (unpaired) electrons. The third kappa shape index (κ3) is 4.13. The van der Waals surface area contributed by atoms with Crippen molar-refractivity contribution >= 4 is 23.1 Å². The summed E-state index contributed by atoms with van der Waals surface area (Å²) in [5.41, 5.74) is 1.34. The molecule has 168 valence electrons. The SMILES string of the molecule is CCOc1ccc(/C(O)=C2\C(=O)C(=O)N(c3cccc(OC)c3)C2c2ccc(O)cc2)cc1. The van der Waals surface area contributed by atoms with Gasteiger partial charge in [0.1, 0.15) is 23.0 Å². The maximum Gasteiger partial charge on any atom is 0.300 e. The third-order valence-corrected chi connectivity index (χ3v) is 5.42. The van der Waals surface area contributed by atoms with Crippen LogP contribution < -0.4 is 14.4 Å². The number of rotatable bonds is 6. The van der Waals surface area contributed by atoms with E-state index in [9.17, 15) is 19.8 Å². The van der Waals surface area contributed by atoms with E-state index in [2.05, 4.69) is 0 Å². The van der Waals surface area contributed by atoms with Crippen LogP contribution in [0, 0.1) is 0 Å². The Hall–Kier alpha value is -4.26. The lowest BCUT2D eigenvalue weighted by Gasteiger charge is -2.25. The second-order valence-corrected chi connectivity index (χ2v) is 7.42. The molecular formula is C26H23NO6. The Morgan fingerprint density at radius 3 is 2.30 bits per heavy atom. The van der Waals surface area contributed by atoms with Gasteiger partial charge < -0.3 is 19.7 Å². The molecule has 33 heavy (non-hydrogen) atoms. The summed E-state index contributed by atoms with van der Waals surface area (Å²) in [6.45, 7) is 2.36. The van der Waals surface area contributed by atoms with Gasteiger partial charge in [0, 0.05) is 17.3 Å². The number of methoxy groups -OCH3 is 1. The molecule has 1 fully saturated rings. The van der Waals surface area contributed by atoms with Gasteiger partial charge in [0.2, 0.25) is 0 Å². The quantitative estimate of drug-likeness (QED) is 0.331. The van der Waals surface area contributed by atoms with Crippen LogP contribution in [0.3, 0.4) is 0 Å². The van der Waals surface area contributed by atoms with E-state index >= 15 is 0 Å². The van der Waals surface area contributed by atoms with Gasteiger partial charge in [-0.2, -0.15) is 0 Å². The number of benzene rings is 3. The lowest BCUT2D eigenvalue weighted by Crippen LogP contribution is -2.29. The van der Waals surface area contributed by atoms with E-state index in [0.717, 1.165) is 0 Å². The number of carbonyl (C=O) groups excluding carboxylic acids is 2. The molecule has 3 aromatic rings. The second-order valence-electron chi connectivity index (χ2n) is 7.42. The maximum absolute atomic E-state index is 13.2. The average molecular weight is 445 g/mol. The highest BCUT2D eigenvalue weighted by atomic mass is 16.5. The largest absolute Gasteiger partial charge is 0.508 e. The van der Waals surface area contributed by atoms with Gasteiger partial charge in [0.25, 0.3) is 11.7 Å². The Balaban J connectivity index is 1.89. The summed E-state index contributed by atoms with van der Waals surface area (Å²) in [4.78, 5) is 27.7. The van der Waals surface area contributed by atoms with Crippen molar-refractivity contribution in [2.24, 2.45) is 0 Å². The summed E-state index contributed by atoms with van der Waals surface area (Å²) >= 11 is 0. The molecule has 7 nitrogen and oxygen atoms in total. The molecule has 2 N–H and O–H groups in total. The van der Waals surface area contributed by atoms with Crippen LogP contribution in [0.15, 0.2) is 78.4 Å². The highest BCUT2D eigenvalue weighted by Crippen LogP contribution is 2.43. The first-order chi connectivity index (χ1) is 15.9. The van der Waals surface area contributed by atoms with Gasteiger partial charge in [-0.3, -0.25) is 14.5 Å². The number of Topliss-reactive ketones (excluding diaryl/α,β-unsaturated/α-hetero) is 1. The zero-order valence-electron chi connectivity index (χ0n) is 18.2. The first-order valence-corrected chi connectivity index (χ1v) is 10.4. The van der Waals surface area contributed by atoms with Crippen molar-refractivity contribution in [3.63, 3.8) is 0 Å². The summed E-state index contributed by atoms with van der Waals surface area (Å²) in [6, 6.07) is 18.7. The molecule has 0 saturated carbocycles. The van der Waals surface area contributed by atoms with Crippen molar-refractivity contribution in [2.45, 2.75) is 13.0 Å². The number of ketones is 1. The van der Waals surface area contributed by atoms with E-state index in [4.69, 9.17) is 9.47 Å². The van der Waals surface area contributed by atoms with Gasteiger partial charge in [-0.1, -0.05) is 18.2 Å². The number of phenols is 1. The number of anilines is 1. The van der Waals surface area contributed by atoms with Crippen LogP contribution in [-0.2, 0) is 9.59 Å². The van der Waals surface area contributed by atoms with Gasteiger partial charge in [0.05, 0.1) is 25.3 Å². The number of hydrogen-bond acceptors (Lipinski definition) is 6. The zero-order chi connectivity index (χ0) is 23.5. The van der Waals surface area contributed by atoms with Crippen LogP contribution in [0.25, 0.3) is 5.76 Å². The van der Waals surface area contributed by atoms with E-state index in [1.54, 1.807) is 60.7 Å². The molecule has 3 aromatic carbocycles. The molecule has 1 heterocycles. The summed E-state index contributed by atoms with van der Waals surface area (Å²) in [6.07, 6.45) is 0. The number of phenolic OH excluding ortho intramolecular Hbond substituents is 1. The molecule has 1 atom stereocenters. The Labute approximate surface area is 191 Å². The fourth-order valence-corrected chi connectivity index (χ4v) is 3.86. The number of amides is 1. The average Bonchev–Trinajstić information content (AvgIpc) is 3.10. The van der Waals surface area contributed by atoms with Crippen LogP contribution in [0.2, 0.25) is 0 Å². The van der Waals surface area contributed by atoms with Gasteiger partial charge in [-0.05, 0) is 61.0 Å². The second kappa shape index (κ2) is 9.08. The first-order valence-electron chi connectivity index (χ1n) is 10.4. The first kappa shape index (κ1) is 22.0. The lowest BCUT2D eigenvalue weighted by molar-refractivity contribution is -0.132. The molecule has 0 aliphatic carbocycles. The highest BCUT2D eigenvalue weighted by molar-refractivity contribution is 6.51. The van der Waals surface area contributed by atoms with E-state index in [1.165, 1.54) is 24.1 Å². The number of hydrogen-bond donors (Lipinski definition) is 2. The number of aliphatic hydroxyl groups is 1. The van der Waals surface area contributed by atoms with Crippen LogP contribution in [0.1, 0.15) is 24.1 Å². The summed E-state index contributed by atoms with van der Waals surface area (Å²) < 4.78 is 10.7. The molecular weight excluding hydrogens is 422 g/mol. The van der Waals surface area contributed by atoms with Crippen LogP contribution in [-0.4, -0.2) is 35.6 Å². The van der Waals surface area contributed by atoms with Crippen molar-refractivity contribution in [1.82, 2.24) is 0 Å². The number of carbonyl (C=O) groups is 2. The van der Waals surface area contributed by atoms with Gasteiger partial charge in [-0.25, -0.2) is 0 Å². The Bertz CT molecular complexity index is 1210. The minimum Gasteiger partial charge on any atom is -0.508 e. The van der Waals surface area contributed by atoms with Gasteiger partial charge >= 0.3 is 0 Å². The van der Waals surface area contributed by atoms with Gasteiger partial charge in [-0.15, -0.1) is 0 Å². The molecule has 1 saturated heterocycles. The number of aromatic hydroxyl groups is 1. The molecule has 7 heteroatoms. The molecule has 1 aliphatic rings. The third-order valence-electron chi connectivity index (χ3n) is 5.42. The summed E-state index contributed by atoms with van der Waals surface area (Å²) in [7, 11) is 1.51. The standard InChI is InChI=1S/C26H23NO6/c1-3-33-20-13-9-17(10-14-20)24(29)22-23(16-7-11-19(28)12-8-16)27(26(31)25(22)30)18-5-4-6-21(15-18)32-2/h4-15,23,28-29H,3H2,1-2H3/b24-22+. The van der Waals surface area contributed by atoms with Crippen LogP contribution >= 0.6 is 0 Å². The van der Waals surface area contributed by atoms with E-state index in [0.29, 0.717) is 34.9 Å². The van der Waals surface area contributed by atoms with E-state index in [-0.39, 0.29) is 17.1 Å². The van der Waals surface area contributed by atoms with Crippen LogP contribution in [0.5, 0.6) is 17.2 Å². The Kier molecular flexibility index (Phi) is 6.04. The fraction of sp³-hybridized carbons (Fsp3) is 0.154. The molecule has 0 bridgehead atoms. The summed E-state index contributed by atoms with van der Waals surface area (Å²) in [5.74, 6) is -0.675. The van der Waals surface area contributed by atoms with E-state index in [1.807, 2.05) is 6.92 Å². The zero-order valence-corrected chi connectivity index (χ0v) is 18.2. The lowest BCUT2D eigenvalue weighted by atomic mass is 9.95. The van der Waals surface area contributed by atoms with Crippen molar-refractivity contribution in [3.05, 3.63) is 89.5 Å². The minimum absolute atomic E-state index is 0.0438. The van der Waals surface area contributed by atoms with Crippen molar-refractivity contribution in [2.75, 3.05) is 18.6 Å². The van der Waals surface area contributed by atoms with Crippen LogP contribution in [0.4, 0.5) is 5.69 Å². The minimum atomic E-state index is -0.899. The van der Waals surface area contributed by atoms with Crippen molar-refractivity contribution in [1.29, 1.82) is 0 Å². The van der Waals surface area contributed by atoms with Crippen molar-refractivity contribution < 1.29 is 29.3 Å².